The van der Waals surface area contributed by atoms with Gasteiger partial charge in [-0.1, -0.05) is 48.4 Å². The average molecular weight is 618 g/mol. The standard InChI is InChI=1S/C30H36ClN3O7S/c1-7-24(30(36)32-3)33(18-21-10-8-20(2)9-11-21)29(35)19-34(25-16-22(31)12-14-26(25)39-4)42(37,38)23-13-15-27(40-5)28(17-23)41-6/h8-17,24H,7,18-19H2,1-6H3,(H,32,36). The van der Waals surface area contributed by atoms with Crippen LogP contribution in [0.2, 0.25) is 5.02 Å². The minimum absolute atomic E-state index is 0.0522. The van der Waals surface area contributed by atoms with E-state index in [2.05, 4.69) is 5.32 Å². The van der Waals surface area contributed by atoms with Gasteiger partial charge in [0.25, 0.3) is 10.0 Å². The maximum absolute atomic E-state index is 14.2. The van der Waals surface area contributed by atoms with Crippen molar-refractivity contribution < 1.29 is 32.2 Å². The molecule has 0 heterocycles. The Morgan fingerprint density at radius 3 is 2.10 bits per heavy atom. The van der Waals surface area contributed by atoms with Crippen LogP contribution in [0.4, 0.5) is 5.69 Å². The van der Waals surface area contributed by atoms with E-state index in [1.807, 2.05) is 31.2 Å². The smallest absolute Gasteiger partial charge is 0.265 e. The van der Waals surface area contributed by atoms with E-state index in [9.17, 15) is 18.0 Å². The third-order valence-electron chi connectivity index (χ3n) is 6.74. The van der Waals surface area contributed by atoms with Crippen molar-refractivity contribution in [3.05, 3.63) is 76.8 Å². The van der Waals surface area contributed by atoms with Crippen LogP contribution in [-0.4, -0.2) is 66.1 Å². The molecule has 3 aromatic rings. The largest absolute Gasteiger partial charge is 0.495 e. The molecule has 12 heteroatoms. The number of benzene rings is 3. The van der Waals surface area contributed by atoms with E-state index in [-0.39, 0.29) is 39.6 Å². The Labute approximate surface area is 252 Å². The van der Waals surface area contributed by atoms with E-state index in [0.29, 0.717) is 12.2 Å². The lowest BCUT2D eigenvalue weighted by Crippen LogP contribution is -2.51. The van der Waals surface area contributed by atoms with Crippen LogP contribution in [0.5, 0.6) is 17.2 Å². The van der Waals surface area contributed by atoms with Crippen LogP contribution in [0.25, 0.3) is 0 Å². The number of nitrogens with zero attached hydrogens (tertiary/aromatic N) is 2. The molecule has 0 aliphatic rings. The zero-order valence-electron chi connectivity index (χ0n) is 24.5. The van der Waals surface area contributed by atoms with Gasteiger partial charge in [0.05, 0.1) is 31.9 Å². The molecule has 0 saturated carbocycles. The fraction of sp³-hybridized carbons (Fsp3) is 0.333. The lowest BCUT2D eigenvalue weighted by molar-refractivity contribution is -0.140. The van der Waals surface area contributed by atoms with Gasteiger partial charge in [0, 0.05) is 24.7 Å². The third-order valence-corrected chi connectivity index (χ3v) is 8.73. The van der Waals surface area contributed by atoms with Crippen LogP contribution in [0.15, 0.2) is 65.6 Å². The molecule has 3 aromatic carbocycles. The lowest BCUT2D eigenvalue weighted by Gasteiger charge is -2.33. The van der Waals surface area contributed by atoms with Crippen molar-refractivity contribution in [3.63, 3.8) is 0 Å². The number of rotatable bonds is 13. The zero-order chi connectivity index (χ0) is 31.0. The van der Waals surface area contributed by atoms with Crippen molar-refractivity contribution in [2.45, 2.75) is 37.8 Å². The summed E-state index contributed by atoms with van der Waals surface area (Å²) in [6.45, 7) is 3.17. The summed E-state index contributed by atoms with van der Waals surface area (Å²) in [6, 6.07) is 15.3. The average Bonchev–Trinajstić information content (AvgIpc) is 2.99. The van der Waals surface area contributed by atoms with Gasteiger partial charge in [-0.05, 0) is 49.2 Å². The summed E-state index contributed by atoms with van der Waals surface area (Å²) in [6.07, 6.45) is 0.306. The molecule has 0 aliphatic heterocycles. The van der Waals surface area contributed by atoms with E-state index in [1.165, 1.54) is 63.6 Å². The first-order valence-corrected chi connectivity index (χ1v) is 15.0. The molecular formula is C30H36ClN3O7S. The topological polar surface area (TPSA) is 114 Å². The molecule has 0 bridgehead atoms. The molecule has 1 N–H and O–H groups in total. The summed E-state index contributed by atoms with van der Waals surface area (Å²) in [5, 5.41) is 2.84. The number of sulfonamides is 1. The Morgan fingerprint density at radius 1 is 0.905 bits per heavy atom. The Bertz CT molecular complexity index is 1510. The zero-order valence-corrected chi connectivity index (χ0v) is 26.1. The first-order valence-electron chi connectivity index (χ1n) is 13.2. The monoisotopic (exact) mass is 617 g/mol. The molecule has 0 saturated heterocycles. The molecule has 1 unspecified atom stereocenters. The van der Waals surface area contributed by atoms with Crippen LogP contribution >= 0.6 is 11.6 Å². The molecule has 226 valence electrons. The highest BCUT2D eigenvalue weighted by atomic mass is 35.5. The van der Waals surface area contributed by atoms with Crippen LogP contribution < -0.4 is 23.8 Å². The van der Waals surface area contributed by atoms with Crippen molar-refractivity contribution in [2.75, 3.05) is 39.2 Å². The number of nitrogens with one attached hydrogen (secondary N) is 1. The van der Waals surface area contributed by atoms with Gasteiger partial charge in [-0.25, -0.2) is 8.42 Å². The van der Waals surface area contributed by atoms with Gasteiger partial charge in [-0.3, -0.25) is 13.9 Å². The molecule has 2 amide bonds. The summed E-state index contributed by atoms with van der Waals surface area (Å²) in [5.41, 5.74) is 1.87. The van der Waals surface area contributed by atoms with E-state index >= 15 is 0 Å². The quantitative estimate of drug-likeness (QED) is 0.302. The molecule has 3 rings (SSSR count). The van der Waals surface area contributed by atoms with Crippen LogP contribution in [0.1, 0.15) is 24.5 Å². The molecule has 42 heavy (non-hydrogen) atoms. The molecular weight excluding hydrogens is 582 g/mol. The second-order valence-electron chi connectivity index (χ2n) is 9.39. The molecule has 10 nitrogen and oxygen atoms in total. The minimum Gasteiger partial charge on any atom is -0.495 e. The van der Waals surface area contributed by atoms with Crippen molar-refractivity contribution >= 4 is 39.1 Å². The number of carbonyl (C=O) groups is 2. The number of aryl methyl sites for hydroxylation is 1. The van der Waals surface area contributed by atoms with Gasteiger partial charge in [-0.2, -0.15) is 0 Å². The number of hydrogen-bond acceptors (Lipinski definition) is 7. The second kappa shape index (κ2) is 14.3. The van der Waals surface area contributed by atoms with Crippen LogP contribution in [0.3, 0.4) is 0 Å². The Morgan fingerprint density at radius 2 is 1.52 bits per heavy atom. The van der Waals surface area contributed by atoms with Crippen molar-refractivity contribution in [3.8, 4) is 17.2 Å². The number of halogens is 1. The highest BCUT2D eigenvalue weighted by Crippen LogP contribution is 2.37. The van der Waals surface area contributed by atoms with Gasteiger partial charge in [0.1, 0.15) is 18.3 Å². The number of methoxy groups -OCH3 is 3. The molecule has 0 spiro atoms. The van der Waals surface area contributed by atoms with Crippen molar-refractivity contribution in [1.29, 1.82) is 0 Å². The van der Waals surface area contributed by atoms with E-state index < -0.39 is 28.5 Å². The van der Waals surface area contributed by atoms with Gasteiger partial charge in [0.15, 0.2) is 11.5 Å². The SMILES string of the molecule is CCC(C(=O)NC)N(Cc1ccc(C)cc1)C(=O)CN(c1cc(Cl)ccc1OC)S(=O)(=O)c1ccc(OC)c(OC)c1. The Balaban J connectivity index is 2.17. The normalized spacial score (nSPS) is 11.8. The predicted molar refractivity (Wildman–Crippen MR) is 162 cm³/mol. The molecule has 0 aromatic heterocycles. The maximum atomic E-state index is 14.2. The molecule has 0 aliphatic carbocycles. The summed E-state index contributed by atoms with van der Waals surface area (Å²) >= 11 is 6.29. The van der Waals surface area contributed by atoms with Gasteiger partial charge in [0.2, 0.25) is 11.8 Å². The molecule has 0 radical (unpaired) electrons. The van der Waals surface area contributed by atoms with Gasteiger partial charge >= 0.3 is 0 Å². The van der Waals surface area contributed by atoms with E-state index in [0.717, 1.165) is 15.4 Å². The molecule has 0 fully saturated rings. The number of amides is 2. The van der Waals surface area contributed by atoms with Crippen molar-refractivity contribution in [1.82, 2.24) is 10.2 Å². The summed E-state index contributed by atoms with van der Waals surface area (Å²) < 4.78 is 45.5. The summed E-state index contributed by atoms with van der Waals surface area (Å²) in [4.78, 5) is 28.2. The van der Waals surface area contributed by atoms with Crippen molar-refractivity contribution in [2.24, 2.45) is 0 Å². The fourth-order valence-corrected chi connectivity index (χ4v) is 6.05. The van der Waals surface area contributed by atoms with Gasteiger partial charge in [-0.15, -0.1) is 0 Å². The van der Waals surface area contributed by atoms with Crippen LogP contribution in [0, 0.1) is 6.92 Å². The second-order valence-corrected chi connectivity index (χ2v) is 11.7. The fourth-order valence-electron chi connectivity index (χ4n) is 4.45. The minimum atomic E-state index is -4.42. The summed E-state index contributed by atoms with van der Waals surface area (Å²) in [5.74, 6) is -0.265. The third kappa shape index (κ3) is 7.27. The number of ether oxygens (including phenoxy) is 3. The number of likely N-dealkylation sites (N-methyl/N-ethyl adjacent to an activating group) is 1. The molecule has 1 atom stereocenters. The highest BCUT2D eigenvalue weighted by molar-refractivity contribution is 7.92. The Hall–Kier alpha value is -3.96. The number of anilines is 1. The number of hydrogen-bond donors (Lipinski definition) is 1. The van der Waals surface area contributed by atoms with Crippen LogP contribution in [-0.2, 0) is 26.2 Å². The highest BCUT2D eigenvalue weighted by Gasteiger charge is 2.35. The number of carbonyl (C=O) groups excluding carboxylic acids is 2. The predicted octanol–water partition coefficient (Wildman–Crippen LogP) is 4.42. The maximum Gasteiger partial charge on any atom is 0.265 e. The Kier molecular flexibility index (Phi) is 11.1. The summed E-state index contributed by atoms with van der Waals surface area (Å²) in [7, 11) is 1.29. The van der Waals surface area contributed by atoms with E-state index in [1.54, 1.807) is 13.0 Å². The van der Waals surface area contributed by atoms with E-state index in [4.69, 9.17) is 25.8 Å². The van der Waals surface area contributed by atoms with Gasteiger partial charge < -0.3 is 24.4 Å². The lowest BCUT2D eigenvalue weighted by atomic mass is 10.1. The first kappa shape index (κ1) is 32.6. The first-order chi connectivity index (χ1) is 20.0.